The molecular weight excluding hydrogens is 328 g/mol. The molecule has 0 aliphatic carbocycles. The molecule has 1 heterocycles. The second kappa shape index (κ2) is 6.45. The van der Waals surface area contributed by atoms with Crippen molar-refractivity contribution in [1.82, 2.24) is 4.98 Å². The number of aromatic amines is 1. The number of benzene rings is 2. The van der Waals surface area contributed by atoms with Crippen LogP contribution in [0.3, 0.4) is 0 Å². The third kappa shape index (κ3) is 3.03. The molecule has 3 rings (SSSR count). The smallest absolute Gasteiger partial charge is 0.252 e. The van der Waals surface area contributed by atoms with Gasteiger partial charge in [-0.3, -0.25) is 14.9 Å². The Morgan fingerprint density at radius 3 is 2.58 bits per heavy atom. The van der Waals surface area contributed by atoms with Crippen LogP contribution in [0.4, 0.5) is 0 Å². The fourth-order valence-corrected chi connectivity index (χ4v) is 3.23. The summed E-state index contributed by atoms with van der Waals surface area (Å²) in [5.74, 6) is -0.617. The molecule has 0 aliphatic rings. The van der Waals surface area contributed by atoms with Crippen LogP contribution in [0.25, 0.3) is 10.9 Å². The molecule has 6 heteroatoms. The first-order valence-electron chi connectivity index (χ1n) is 7.46. The minimum atomic E-state index is -0.617. The molecule has 0 aliphatic heterocycles. The lowest BCUT2D eigenvalue weighted by molar-refractivity contribution is -0.481. The predicted octanol–water partition coefficient (Wildman–Crippen LogP) is 3.90. The fourth-order valence-electron chi connectivity index (χ4n) is 3.06. The highest BCUT2D eigenvalue weighted by Crippen LogP contribution is 2.29. The van der Waals surface area contributed by atoms with Gasteiger partial charge >= 0.3 is 0 Å². The Labute approximate surface area is 143 Å². The average molecular weight is 343 g/mol. The van der Waals surface area contributed by atoms with E-state index in [1.165, 1.54) is 0 Å². The minimum absolute atomic E-state index is 0.307. The Hall–Kier alpha value is -2.66. The molecule has 3 aromatic rings. The zero-order valence-corrected chi connectivity index (χ0v) is 13.7. The second-order valence-electron chi connectivity index (χ2n) is 5.66. The molecule has 0 amide bonds. The Kier molecular flexibility index (Phi) is 4.36. The van der Waals surface area contributed by atoms with Crippen LogP contribution >= 0.6 is 11.6 Å². The molecule has 1 N–H and O–H groups in total. The monoisotopic (exact) mass is 342 g/mol. The number of nitrogens with one attached hydrogen (secondary N) is 1. The summed E-state index contributed by atoms with van der Waals surface area (Å²) >= 11 is 6.06. The molecule has 0 bridgehead atoms. The molecule has 5 nitrogen and oxygen atoms in total. The number of aromatic nitrogens is 1. The van der Waals surface area contributed by atoms with E-state index in [0.717, 1.165) is 10.9 Å². The van der Waals surface area contributed by atoms with Gasteiger partial charge in [0.25, 0.3) is 5.56 Å². The van der Waals surface area contributed by atoms with Crippen LogP contribution in [-0.4, -0.2) is 16.5 Å². The maximum absolute atomic E-state index is 12.6. The van der Waals surface area contributed by atoms with E-state index in [1.54, 1.807) is 37.3 Å². The summed E-state index contributed by atoms with van der Waals surface area (Å²) in [7, 11) is 0. The second-order valence-corrected chi connectivity index (χ2v) is 6.10. The minimum Gasteiger partial charge on any atom is -0.322 e. The Balaban J connectivity index is 2.28. The molecule has 0 radical (unpaired) electrons. The molecule has 2 aromatic carbocycles. The molecule has 1 atom stereocenters. The van der Waals surface area contributed by atoms with E-state index in [0.29, 0.717) is 21.7 Å². The highest BCUT2D eigenvalue weighted by molar-refractivity contribution is 6.31. The quantitative estimate of drug-likeness (QED) is 0.577. The summed E-state index contributed by atoms with van der Waals surface area (Å²) in [6, 6.07) is 14.3. The van der Waals surface area contributed by atoms with Crippen LogP contribution in [0.1, 0.15) is 22.6 Å². The lowest BCUT2D eigenvalue weighted by Crippen LogP contribution is -2.24. The van der Waals surface area contributed by atoms with Crippen molar-refractivity contribution in [3.63, 3.8) is 0 Å². The van der Waals surface area contributed by atoms with Crippen molar-refractivity contribution in [3.05, 3.63) is 90.7 Å². The maximum Gasteiger partial charge on any atom is 0.252 e. The number of hydrogen-bond acceptors (Lipinski definition) is 3. The van der Waals surface area contributed by atoms with Gasteiger partial charge in [0.2, 0.25) is 6.54 Å². The first-order chi connectivity index (χ1) is 11.5. The Morgan fingerprint density at radius 2 is 1.92 bits per heavy atom. The number of aryl methyl sites for hydroxylation is 1. The van der Waals surface area contributed by atoms with Crippen LogP contribution in [0, 0.1) is 17.0 Å². The van der Waals surface area contributed by atoms with Gasteiger partial charge in [0.1, 0.15) is 0 Å². The number of halogens is 1. The molecule has 0 spiro atoms. The molecule has 0 saturated heterocycles. The van der Waals surface area contributed by atoms with Crippen molar-refractivity contribution in [1.29, 1.82) is 0 Å². The molecule has 1 unspecified atom stereocenters. The van der Waals surface area contributed by atoms with Crippen molar-refractivity contribution in [3.8, 4) is 0 Å². The Bertz CT molecular complexity index is 967. The number of pyridine rings is 1. The molecule has 24 heavy (non-hydrogen) atoms. The topological polar surface area (TPSA) is 76.0 Å². The van der Waals surface area contributed by atoms with Gasteiger partial charge in [0.05, 0.1) is 5.92 Å². The highest BCUT2D eigenvalue weighted by Gasteiger charge is 2.25. The van der Waals surface area contributed by atoms with Gasteiger partial charge in [-0.05, 0) is 36.2 Å². The van der Waals surface area contributed by atoms with Crippen LogP contribution < -0.4 is 5.56 Å². The maximum atomic E-state index is 12.6. The molecule has 122 valence electrons. The third-order valence-electron chi connectivity index (χ3n) is 4.16. The van der Waals surface area contributed by atoms with E-state index in [1.807, 2.05) is 18.2 Å². The van der Waals surface area contributed by atoms with E-state index < -0.39 is 10.8 Å². The first-order valence-corrected chi connectivity index (χ1v) is 7.84. The van der Waals surface area contributed by atoms with Gasteiger partial charge in [0, 0.05) is 26.4 Å². The number of rotatable bonds is 4. The summed E-state index contributed by atoms with van der Waals surface area (Å²) in [6.07, 6.45) is 0. The standard InChI is InChI=1S/C18H15ClN2O3/c1-11-14-9-13(19)7-8-16(14)20-18(22)17(11)15(10-21(23)24)12-5-3-2-4-6-12/h2-9,15H,10H2,1H3,(H,20,22). The van der Waals surface area contributed by atoms with E-state index in [9.17, 15) is 14.9 Å². The predicted molar refractivity (Wildman–Crippen MR) is 94.5 cm³/mol. The van der Waals surface area contributed by atoms with Gasteiger partial charge in [0.15, 0.2) is 0 Å². The summed E-state index contributed by atoms with van der Waals surface area (Å²) in [5.41, 5.74) is 2.22. The van der Waals surface area contributed by atoms with Crippen molar-refractivity contribution in [2.75, 3.05) is 6.54 Å². The highest BCUT2D eigenvalue weighted by atomic mass is 35.5. The van der Waals surface area contributed by atoms with E-state index in [4.69, 9.17) is 11.6 Å². The van der Waals surface area contributed by atoms with Gasteiger partial charge < -0.3 is 4.98 Å². The number of hydrogen-bond donors (Lipinski definition) is 1. The number of fused-ring (bicyclic) bond motifs is 1. The summed E-state index contributed by atoms with van der Waals surface area (Å²) in [5, 5.41) is 12.5. The summed E-state index contributed by atoms with van der Waals surface area (Å²) < 4.78 is 0. The van der Waals surface area contributed by atoms with Crippen molar-refractivity contribution in [2.45, 2.75) is 12.8 Å². The van der Waals surface area contributed by atoms with Gasteiger partial charge in [-0.2, -0.15) is 0 Å². The number of nitro groups is 1. The molecular formula is C18H15ClN2O3. The largest absolute Gasteiger partial charge is 0.322 e. The third-order valence-corrected chi connectivity index (χ3v) is 4.40. The van der Waals surface area contributed by atoms with Crippen LogP contribution in [0.15, 0.2) is 53.3 Å². The SMILES string of the molecule is Cc1c(C(C[N+](=O)[O-])c2ccccc2)c(=O)[nH]c2ccc(Cl)cc12. The van der Waals surface area contributed by atoms with E-state index >= 15 is 0 Å². The zero-order chi connectivity index (χ0) is 17.3. The molecule has 1 aromatic heterocycles. The lowest BCUT2D eigenvalue weighted by Gasteiger charge is -2.17. The van der Waals surface area contributed by atoms with Crippen molar-refractivity contribution >= 4 is 22.5 Å². The zero-order valence-electron chi connectivity index (χ0n) is 13.0. The van der Waals surface area contributed by atoms with Gasteiger partial charge in [-0.1, -0.05) is 41.9 Å². The summed E-state index contributed by atoms with van der Waals surface area (Å²) in [4.78, 5) is 26.2. The average Bonchev–Trinajstić information content (AvgIpc) is 2.55. The van der Waals surface area contributed by atoms with E-state index in [-0.39, 0.29) is 12.1 Å². The van der Waals surface area contributed by atoms with Gasteiger partial charge in [-0.25, -0.2) is 0 Å². The fraction of sp³-hybridized carbons (Fsp3) is 0.167. The lowest BCUT2D eigenvalue weighted by atomic mass is 9.88. The van der Waals surface area contributed by atoms with Gasteiger partial charge in [-0.15, -0.1) is 0 Å². The summed E-state index contributed by atoms with van der Waals surface area (Å²) in [6.45, 7) is 1.46. The molecule has 0 saturated carbocycles. The van der Waals surface area contributed by atoms with Crippen molar-refractivity contribution < 1.29 is 4.92 Å². The normalized spacial score (nSPS) is 12.2. The first kappa shape index (κ1) is 16.2. The van der Waals surface area contributed by atoms with Crippen LogP contribution in [-0.2, 0) is 0 Å². The Morgan fingerprint density at radius 1 is 1.21 bits per heavy atom. The van der Waals surface area contributed by atoms with Crippen LogP contribution in [0.2, 0.25) is 5.02 Å². The van der Waals surface area contributed by atoms with Crippen LogP contribution in [0.5, 0.6) is 0 Å². The number of H-pyrrole nitrogens is 1. The van der Waals surface area contributed by atoms with Crippen molar-refractivity contribution in [2.24, 2.45) is 0 Å². The number of nitrogens with zero attached hydrogens (tertiary/aromatic N) is 1. The van der Waals surface area contributed by atoms with E-state index in [2.05, 4.69) is 4.98 Å². The molecule has 0 fully saturated rings.